The zero-order chi connectivity index (χ0) is 9.68. The Hall–Kier alpha value is -1.22. The van der Waals surface area contributed by atoms with Gasteiger partial charge in [0.1, 0.15) is 0 Å². The predicted octanol–water partition coefficient (Wildman–Crippen LogP) is 1.06. The number of hydrogen-bond donors (Lipinski definition) is 1. The lowest BCUT2D eigenvalue weighted by Gasteiger charge is -2.05. The third kappa shape index (κ3) is 2.36. The maximum Gasteiger partial charge on any atom is 0.0869 e. The zero-order valence-electron chi connectivity index (χ0n) is 7.99. The lowest BCUT2D eigenvalue weighted by Crippen LogP contribution is -2.05. The molecule has 70 valence electrons. The predicted molar refractivity (Wildman–Crippen MR) is 53.2 cm³/mol. The van der Waals surface area contributed by atoms with Crippen molar-refractivity contribution in [1.82, 2.24) is 4.98 Å². The van der Waals surface area contributed by atoms with Gasteiger partial charge < -0.3 is 5.11 Å². The Kier molecular flexibility index (Phi) is 3.58. The number of nitrogens with zero attached hydrogens (tertiary/aromatic N) is 2. The van der Waals surface area contributed by atoms with Crippen LogP contribution in [-0.2, 0) is 6.42 Å². The SMILES string of the molecule is CN=C(C)c1ncccc1CCO. The number of rotatable bonds is 3. The molecule has 3 heteroatoms. The van der Waals surface area contributed by atoms with Crippen LogP contribution in [0.2, 0.25) is 0 Å². The highest BCUT2D eigenvalue weighted by Crippen LogP contribution is 2.07. The highest BCUT2D eigenvalue weighted by atomic mass is 16.2. The van der Waals surface area contributed by atoms with Crippen molar-refractivity contribution in [3.05, 3.63) is 29.6 Å². The van der Waals surface area contributed by atoms with E-state index in [-0.39, 0.29) is 6.61 Å². The van der Waals surface area contributed by atoms with Crippen LogP contribution in [0.4, 0.5) is 0 Å². The molecule has 1 aromatic heterocycles. The average Bonchev–Trinajstić information content (AvgIpc) is 2.18. The summed E-state index contributed by atoms with van der Waals surface area (Å²) in [5.41, 5.74) is 2.84. The van der Waals surface area contributed by atoms with Gasteiger partial charge in [0.25, 0.3) is 0 Å². The maximum atomic E-state index is 8.83. The molecule has 1 rings (SSSR count). The van der Waals surface area contributed by atoms with E-state index in [9.17, 15) is 0 Å². The van der Waals surface area contributed by atoms with Gasteiger partial charge in [-0.25, -0.2) is 0 Å². The summed E-state index contributed by atoms with van der Waals surface area (Å²) in [4.78, 5) is 8.30. The molecule has 3 nitrogen and oxygen atoms in total. The van der Waals surface area contributed by atoms with Crippen LogP contribution in [0.3, 0.4) is 0 Å². The van der Waals surface area contributed by atoms with Crippen molar-refractivity contribution in [3.63, 3.8) is 0 Å². The van der Waals surface area contributed by atoms with E-state index in [1.807, 2.05) is 19.1 Å². The molecule has 0 aliphatic heterocycles. The molecule has 0 amide bonds. The Morgan fingerprint density at radius 1 is 1.62 bits per heavy atom. The number of aliphatic hydroxyl groups excluding tert-OH is 1. The molecule has 1 aromatic rings. The second-order valence-corrected chi connectivity index (χ2v) is 2.79. The molecule has 0 radical (unpaired) electrons. The average molecular weight is 178 g/mol. The molecule has 0 saturated carbocycles. The summed E-state index contributed by atoms with van der Waals surface area (Å²) in [6.07, 6.45) is 2.38. The van der Waals surface area contributed by atoms with E-state index in [4.69, 9.17) is 5.11 Å². The molecule has 0 unspecified atom stereocenters. The molecule has 0 atom stereocenters. The van der Waals surface area contributed by atoms with Crippen LogP contribution in [0, 0.1) is 0 Å². The van der Waals surface area contributed by atoms with Crippen molar-refractivity contribution < 1.29 is 5.11 Å². The fourth-order valence-corrected chi connectivity index (χ4v) is 1.19. The van der Waals surface area contributed by atoms with Crippen LogP contribution in [0.15, 0.2) is 23.3 Å². The highest BCUT2D eigenvalue weighted by Gasteiger charge is 2.04. The second-order valence-electron chi connectivity index (χ2n) is 2.79. The first-order valence-electron chi connectivity index (χ1n) is 4.28. The topological polar surface area (TPSA) is 45.5 Å². The van der Waals surface area contributed by atoms with Crippen LogP contribution in [0.5, 0.6) is 0 Å². The fourth-order valence-electron chi connectivity index (χ4n) is 1.19. The summed E-state index contributed by atoms with van der Waals surface area (Å²) >= 11 is 0. The number of hydrogen-bond acceptors (Lipinski definition) is 3. The second kappa shape index (κ2) is 4.72. The summed E-state index contributed by atoms with van der Waals surface area (Å²) in [6, 6.07) is 3.84. The van der Waals surface area contributed by atoms with Crippen molar-refractivity contribution >= 4 is 5.71 Å². The van der Waals surface area contributed by atoms with E-state index >= 15 is 0 Å². The largest absolute Gasteiger partial charge is 0.396 e. The Morgan fingerprint density at radius 2 is 2.38 bits per heavy atom. The van der Waals surface area contributed by atoms with Gasteiger partial charge in [0.2, 0.25) is 0 Å². The van der Waals surface area contributed by atoms with Gasteiger partial charge in [-0.2, -0.15) is 0 Å². The summed E-state index contributed by atoms with van der Waals surface area (Å²) in [5.74, 6) is 0. The minimum Gasteiger partial charge on any atom is -0.396 e. The molecule has 13 heavy (non-hydrogen) atoms. The van der Waals surface area contributed by atoms with E-state index in [1.54, 1.807) is 13.2 Å². The molecule has 0 fully saturated rings. The summed E-state index contributed by atoms with van der Waals surface area (Å²) in [5, 5.41) is 8.83. The van der Waals surface area contributed by atoms with Gasteiger partial charge in [0.05, 0.1) is 11.4 Å². The zero-order valence-corrected chi connectivity index (χ0v) is 7.99. The van der Waals surface area contributed by atoms with Crippen LogP contribution < -0.4 is 0 Å². The van der Waals surface area contributed by atoms with E-state index in [2.05, 4.69) is 9.98 Å². The molecule has 0 aliphatic carbocycles. The number of aliphatic imine (C=N–C) groups is 1. The minimum absolute atomic E-state index is 0.148. The van der Waals surface area contributed by atoms with E-state index < -0.39 is 0 Å². The van der Waals surface area contributed by atoms with Gasteiger partial charge >= 0.3 is 0 Å². The monoisotopic (exact) mass is 178 g/mol. The first-order valence-corrected chi connectivity index (χ1v) is 4.28. The maximum absolute atomic E-state index is 8.83. The van der Waals surface area contributed by atoms with Crippen molar-refractivity contribution in [2.75, 3.05) is 13.7 Å². The first-order chi connectivity index (χ1) is 6.29. The third-order valence-corrected chi connectivity index (χ3v) is 1.95. The third-order valence-electron chi connectivity index (χ3n) is 1.95. The molecule has 0 aliphatic rings. The summed E-state index contributed by atoms with van der Waals surface area (Å²) < 4.78 is 0. The van der Waals surface area contributed by atoms with E-state index in [0.29, 0.717) is 6.42 Å². The molecular weight excluding hydrogens is 164 g/mol. The molecular formula is C10H14N2O. The van der Waals surface area contributed by atoms with Crippen LogP contribution >= 0.6 is 0 Å². The fraction of sp³-hybridized carbons (Fsp3) is 0.400. The number of aliphatic hydroxyl groups is 1. The van der Waals surface area contributed by atoms with Gasteiger partial charge in [0, 0.05) is 19.9 Å². The van der Waals surface area contributed by atoms with E-state index in [0.717, 1.165) is 17.0 Å². The minimum atomic E-state index is 0.148. The quantitative estimate of drug-likeness (QED) is 0.703. The van der Waals surface area contributed by atoms with Gasteiger partial charge in [0.15, 0.2) is 0 Å². The van der Waals surface area contributed by atoms with Crippen LogP contribution in [0.25, 0.3) is 0 Å². The van der Waals surface area contributed by atoms with Crippen LogP contribution in [0.1, 0.15) is 18.2 Å². The Balaban J connectivity index is 3.04. The standard InChI is InChI=1S/C10H14N2O/c1-8(11-2)10-9(5-7-13)4-3-6-12-10/h3-4,6,13H,5,7H2,1-2H3. The Morgan fingerprint density at radius 3 is 3.00 bits per heavy atom. The van der Waals surface area contributed by atoms with Gasteiger partial charge in [-0.15, -0.1) is 0 Å². The number of pyridine rings is 1. The van der Waals surface area contributed by atoms with Gasteiger partial charge in [-0.1, -0.05) is 6.07 Å². The van der Waals surface area contributed by atoms with Gasteiger partial charge in [-0.05, 0) is 25.0 Å². The Bertz CT molecular complexity index is 308. The molecule has 0 spiro atoms. The first kappa shape index (κ1) is 9.86. The molecule has 1 heterocycles. The van der Waals surface area contributed by atoms with E-state index in [1.165, 1.54) is 0 Å². The summed E-state index contributed by atoms with van der Waals surface area (Å²) in [7, 11) is 1.74. The lowest BCUT2D eigenvalue weighted by molar-refractivity contribution is 0.299. The summed E-state index contributed by atoms with van der Waals surface area (Å²) in [6.45, 7) is 2.07. The van der Waals surface area contributed by atoms with Crippen molar-refractivity contribution in [2.45, 2.75) is 13.3 Å². The van der Waals surface area contributed by atoms with Gasteiger partial charge in [-0.3, -0.25) is 9.98 Å². The smallest absolute Gasteiger partial charge is 0.0869 e. The molecule has 0 aromatic carbocycles. The Labute approximate surface area is 78.2 Å². The van der Waals surface area contributed by atoms with Crippen molar-refractivity contribution in [3.8, 4) is 0 Å². The number of aromatic nitrogens is 1. The van der Waals surface area contributed by atoms with Crippen molar-refractivity contribution in [2.24, 2.45) is 4.99 Å². The normalized spacial score (nSPS) is 11.8. The highest BCUT2D eigenvalue weighted by molar-refractivity contribution is 5.98. The molecule has 0 saturated heterocycles. The van der Waals surface area contributed by atoms with Crippen molar-refractivity contribution in [1.29, 1.82) is 0 Å². The molecule has 1 N–H and O–H groups in total. The lowest BCUT2D eigenvalue weighted by atomic mass is 10.1. The van der Waals surface area contributed by atoms with Crippen LogP contribution in [-0.4, -0.2) is 29.5 Å². The molecule has 0 bridgehead atoms.